The van der Waals surface area contributed by atoms with Crippen molar-refractivity contribution >= 4 is 35.2 Å². The molecule has 9 heteroatoms. The first-order chi connectivity index (χ1) is 15.9. The molecule has 1 heterocycles. The predicted molar refractivity (Wildman–Crippen MR) is 131 cm³/mol. The molecule has 0 fully saturated rings. The molecule has 0 saturated heterocycles. The van der Waals surface area contributed by atoms with E-state index in [0.29, 0.717) is 27.8 Å². The van der Waals surface area contributed by atoms with E-state index in [-0.39, 0.29) is 10.5 Å². The number of aromatic hydroxyl groups is 1. The molecular formula is C24H19ClN4O3S. The molecule has 1 aromatic heterocycles. The van der Waals surface area contributed by atoms with Crippen LogP contribution in [0.15, 0.2) is 87.8 Å². The molecule has 0 atom stereocenters. The molecule has 4 rings (SSSR count). The Morgan fingerprint density at radius 3 is 2.06 bits per heavy atom. The Labute approximate surface area is 199 Å². The minimum absolute atomic E-state index is 0.0549. The summed E-state index contributed by atoms with van der Waals surface area (Å²) in [7, 11) is 1.55. The van der Waals surface area contributed by atoms with E-state index in [1.807, 2.05) is 19.1 Å². The van der Waals surface area contributed by atoms with Crippen LogP contribution in [0.4, 0.5) is 11.4 Å². The second-order valence-electron chi connectivity index (χ2n) is 7.14. The van der Waals surface area contributed by atoms with E-state index < -0.39 is 11.4 Å². The Morgan fingerprint density at radius 2 is 1.45 bits per heavy atom. The molecule has 33 heavy (non-hydrogen) atoms. The lowest BCUT2D eigenvalue weighted by molar-refractivity contribution is 0.414. The molecule has 7 nitrogen and oxygen atoms in total. The highest BCUT2D eigenvalue weighted by atomic mass is 35.5. The highest BCUT2D eigenvalue weighted by Gasteiger charge is 2.19. The van der Waals surface area contributed by atoms with Gasteiger partial charge < -0.3 is 9.84 Å². The zero-order valence-electron chi connectivity index (χ0n) is 17.8. The molecular weight excluding hydrogens is 460 g/mol. The van der Waals surface area contributed by atoms with Crippen molar-refractivity contribution in [1.29, 1.82) is 0 Å². The summed E-state index contributed by atoms with van der Waals surface area (Å²) in [4.78, 5) is 13.4. The van der Waals surface area contributed by atoms with Crippen molar-refractivity contribution in [3.63, 3.8) is 0 Å². The Balaban J connectivity index is 1.97. The Kier molecular flexibility index (Phi) is 6.39. The van der Waals surface area contributed by atoms with Gasteiger partial charge in [-0.25, -0.2) is 0 Å². The summed E-state index contributed by atoms with van der Waals surface area (Å²) >= 11 is 11.6. The number of halogens is 1. The number of hydrogen-bond donors (Lipinski definition) is 1. The third-order valence-electron chi connectivity index (χ3n) is 4.93. The Morgan fingerprint density at radius 1 is 0.879 bits per heavy atom. The van der Waals surface area contributed by atoms with Crippen LogP contribution >= 0.6 is 23.8 Å². The lowest BCUT2D eigenvalue weighted by Crippen LogP contribution is -2.23. The third kappa shape index (κ3) is 4.57. The zero-order chi connectivity index (χ0) is 23.5. The van der Waals surface area contributed by atoms with Gasteiger partial charge >= 0.3 is 0 Å². The summed E-state index contributed by atoms with van der Waals surface area (Å²) in [5, 5.41) is 19.8. The number of azo groups is 1. The van der Waals surface area contributed by atoms with Crippen LogP contribution in [0, 0.1) is 11.7 Å². The maximum Gasteiger partial charge on any atom is 0.290 e. The molecule has 1 N–H and O–H groups in total. The fourth-order valence-corrected chi connectivity index (χ4v) is 3.68. The smallest absolute Gasteiger partial charge is 0.290 e. The van der Waals surface area contributed by atoms with Crippen molar-refractivity contribution in [3.8, 4) is 23.0 Å². The first-order valence-electron chi connectivity index (χ1n) is 9.89. The highest BCUT2D eigenvalue weighted by Crippen LogP contribution is 2.30. The molecule has 0 spiro atoms. The van der Waals surface area contributed by atoms with Gasteiger partial charge in [0.25, 0.3) is 5.56 Å². The van der Waals surface area contributed by atoms with Crippen LogP contribution in [0.3, 0.4) is 0 Å². The van der Waals surface area contributed by atoms with Gasteiger partial charge in [-0.2, -0.15) is 5.11 Å². The largest absolute Gasteiger partial charge is 0.497 e. The van der Waals surface area contributed by atoms with Crippen molar-refractivity contribution in [1.82, 2.24) is 9.13 Å². The van der Waals surface area contributed by atoms with E-state index in [4.69, 9.17) is 28.6 Å². The number of hydrogen-bond acceptors (Lipinski definition) is 6. The van der Waals surface area contributed by atoms with Crippen LogP contribution < -0.4 is 10.3 Å². The van der Waals surface area contributed by atoms with Crippen LogP contribution in [0.2, 0.25) is 5.02 Å². The number of aromatic nitrogens is 2. The summed E-state index contributed by atoms with van der Waals surface area (Å²) in [5.74, 6) is 0.203. The van der Waals surface area contributed by atoms with Crippen molar-refractivity contribution in [3.05, 3.63) is 98.5 Å². The van der Waals surface area contributed by atoms with Crippen molar-refractivity contribution < 1.29 is 9.84 Å². The second kappa shape index (κ2) is 9.40. The van der Waals surface area contributed by atoms with E-state index in [9.17, 15) is 9.90 Å². The van der Waals surface area contributed by atoms with Gasteiger partial charge in [-0.3, -0.25) is 13.9 Å². The van der Waals surface area contributed by atoms with Crippen LogP contribution in [0.5, 0.6) is 11.6 Å². The molecule has 0 unspecified atom stereocenters. The van der Waals surface area contributed by atoms with Crippen LogP contribution in [0.1, 0.15) is 5.56 Å². The fraction of sp³-hybridized carbons (Fsp3) is 0.0833. The summed E-state index contributed by atoms with van der Waals surface area (Å²) in [6.45, 7) is 1.96. The average Bonchev–Trinajstić information content (AvgIpc) is 2.82. The molecule has 0 aliphatic heterocycles. The summed E-state index contributed by atoms with van der Waals surface area (Å²) in [6.07, 6.45) is 0. The second-order valence-corrected chi connectivity index (χ2v) is 7.94. The van der Waals surface area contributed by atoms with Gasteiger partial charge in [0, 0.05) is 5.02 Å². The quantitative estimate of drug-likeness (QED) is 0.264. The first kappa shape index (κ1) is 22.4. The molecule has 4 aromatic rings. The maximum atomic E-state index is 13.4. The average molecular weight is 479 g/mol. The van der Waals surface area contributed by atoms with Gasteiger partial charge in [0.05, 0.1) is 24.2 Å². The topological polar surface area (TPSA) is 81.1 Å². The van der Waals surface area contributed by atoms with Gasteiger partial charge in [0.1, 0.15) is 5.75 Å². The molecule has 0 aliphatic rings. The number of ether oxygens (including phenoxy) is 1. The molecule has 3 aromatic carbocycles. The summed E-state index contributed by atoms with van der Waals surface area (Å²) in [5.41, 5.74) is 1.74. The van der Waals surface area contributed by atoms with Gasteiger partial charge in [-0.05, 0) is 79.8 Å². The minimum Gasteiger partial charge on any atom is -0.497 e. The van der Waals surface area contributed by atoms with Crippen LogP contribution in [-0.2, 0) is 0 Å². The molecule has 0 amide bonds. The highest BCUT2D eigenvalue weighted by molar-refractivity contribution is 7.71. The number of rotatable bonds is 5. The lowest BCUT2D eigenvalue weighted by Gasteiger charge is -2.16. The van der Waals surface area contributed by atoms with E-state index in [1.165, 1.54) is 9.13 Å². The first-order valence-corrected chi connectivity index (χ1v) is 10.7. The van der Waals surface area contributed by atoms with Crippen LogP contribution in [-0.4, -0.2) is 21.4 Å². The van der Waals surface area contributed by atoms with Gasteiger partial charge in [-0.1, -0.05) is 29.3 Å². The minimum atomic E-state index is -0.608. The monoisotopic (exact) mass is 478 g/mol. The lowest BCUT2D eigenvalue weighted by atomic mass is 10.2. The summed E-state index contributed by atoms with van der Waals surface area (Å²) in [6, 6.07) is 20.8. The van der Waals surface area contributed by atoms with Crippen LogP contribution in [0.25, 0.3) is 11.4 Å². The predicted octanol–water partition coefficient (Wildman–Crippen LogP) is 6.45. The van der Waals surface area contributed by atoms with E-state index in [0.717, 1.165) is 5.56 Å². The number of methoxy groups -OCH3 is 1. The fourth-order valence-electron chi connectivity index (χ4n) is 3.17. The SMILES string of the molecule is COc1ccc(-n2c(=O)c(N=Nc3ccc(C)cc3)c(O)n(-c3ccc(Cl)cc3)c2=S)cc1. The van der Waals surface area contributed by atoms with E-state index in [2.05, 4.69) is 10.2 Å². The Bertz CT molecular complexity index is 1440. The molecule has 0 aliphatic carbocycles. The molecule has 0 radical (unpaired) electrons. The van der Waals surface area contributed by atoms with Gasteiger partial charge in [0.2, 0.25) is 11.6 Å². The number of benzene rings is 3. The van der Waals surface area contributed by atoms with Gasteiger partial charge in [-0.15, -0.1) is 5.11 Å². The van der Waals surface area contributed by atoms with Crippen molar-refractivity contribution in [2.45, 2.75) is 6.92 Å². The van der Waals surface area contributed by atoms with E-state index >= 15 is 0 Å². The zero-order valence-corrected chi connectivity index (χ0v) is 19.3. The Hall–Kier alpha value is -3.75. The standard InChI is InChI=1S/C24H19ClN4O3S/c1-15-3-7-17(8-4-15)26-27-21-22(30)28(18-9-5-16(25)6-10-18)24(33)29(23(21)31)19-11-13-20(32-2)14-12-19/h3-14,30H,1-2H3. The normalized spacial score (nSPS) is 11.1. The third-order valence-corrected chi connectivity index (χ3v) is 5.54. The van der Waals surface area contributed by atoms with Gasteiger partial charge in [0.15, 0.2) is 4.77 Å². The number of aryl methyl sites for hydroxylation is 1. The van der Waals surface area contributed by atoms with Crippen molar-refractivity contribution in [2.24, 2.45) is 10.2 Å². The summed E-state index contributed by atoms with van der Waals surface area (Å²) < 4.78 is 7.89. The molecule has 0 saturated carbocycles. The van der Waals surface area contributed by atoms with E-state index in [1.54, 1.807) is 67.8 Å². The molecule has 166 valence electrons. The molecule has 0 bridgehead atoms. The number of nitrogens with zero attached hydrogens (tertiary/aromatic N) is 4. The maximum absolute atomic E-state index is 13.4. The van der Waals surface area contributed by atoms with Crippen molar-refractivity contribution in [2.75, 3.05) is 7.11 Å².